The van der Waals surface area contributed by atoms with Gasteiger partial charge in [-0.3, -0.25) is 14.6 Å². The van der Waals surface area contributed by atoms with E-state index in [-0.39, 0.29) is 11.8 Å². The zero-order valence-electron chi connectivity index (χ0n) is 15.2. The highest BCUT2D eigenvalue weighted by Gasteiger charge is 2.49. The van der Waals surface area contributed by atoms with Gasteiger partial charge < -0.3 is 14.5 Å². The van der Waals surface area contributed by atoms with Crippen LogP contribution in [0.4, 0.5) is 0 Å². The van der Waals surface area contributed by atoms with E-state index >= 15 is 0 Å². The standard InChI is InChI=1S/C19H27N3O3/c1-3-16-13-15(5-8-20-16)17(23)22-10-7-19(14-22)6-4-9-21(18(19)24)11-12-25-2/h5,8,13H,3-4,6-7,9-12,14H2,1-2H3/t19-/m1/s1. The van der Waals surface area contributed by atoms with Crippen molar-refractivity contribution in [3.05, 3.63) is 29.6 Å². The lowest BCUT2D eigenvalue weighted by atomic mass is 9.78. The van der Waals surface area contributed by atoms with E-state index in [0.29, 0.717) is 31.8 Å². The molecule has 2 aliphatic rings. The van der Waals surface area contributed by atoms with Gasteiger partial charge in [0.15, 0.2) is 0 Å². The number of hydrogen-bond acceptors (Lipinski definition) is 4. The van der Waals surface area contributed by atoms with Crippen molar-refractivity contribution >= 4 is 11.8 Å². The Morgan fingerprint density at radius 3 is 2.96 bits per heavy atom. The van der Waals surface area contributed by atoms with Gasteiger partial charge in [-0.15, -0.1) is 0 Å². The first-order valence-electron chi connectivity index (χ1n) is 9.12. The number of carbonyl (C=O) groups is 2. The second-order valence-electron chi connectivity index (χ2n) is 7.03. The molecule has 3 rings (SSSR count). The number of carbonyl (C=O) groups excluding carboxylic acids is 2. The van der Waals surface area contributed by atoms with E-state index in [0.717, 1.165) is 37.9 Å². The molecule has 1 aromatic heterocycles. The van der Waals surface area contributed by atoms with Crippen molar-refractivity contribution in [2.75, 3.05) is 39.9 Å². The van der Waals surface area contributed by atoms with E-state index in [1.807, 2.05) is 22.8 Å². The molecule has 0 aromatic carbocycles. The molecule has 136 valence electrons. The Balaban J connectivity index is 1.71. The summed E-state index contributed by atoms with van der Waals surface area (Å²) in [6, 6.07) is 3.63. The first-order chi connectivity index (χ1) is 12.1. The Bertz CT molecular complexity index is 649. The Morgan fingerprint density at radius 1 is 1.36 bits per heavy atom. The fourth-order valence-electron chi connectivity index (χ4n) is 3.98. The molecule has 2 aliphatic heterocycles. The molecule has 2 saturated heterocycles. The molecule has 0 aliphatic carbocycles. The first kappa shape index (κ1) is 17.9. The van der Waals surface area contributed by atoms with Crippen LogP contribution in [-0.2, 0) is 16.0 Å². The SMILES string of the molecule is CCc1cc(C(=O)N2CC[C@]3(CCCN(CCOC)C3=O)C2)ccn1. The summed E-state index contributed by atoms with van der Waals surface area (Å²) in [5, 5.41) is 0. The Hall–Kier alpha value is -1.95. The number of nitrogens with zero attached hydrogens (tertiary/aromatic N) is 3. The molecule has 3 heterocycles. The maximum absolute atomic E-state index is 13.0. The lowest BCUT2D eigenvalue weighted by Crippen LogP contribution is -2.51. The summed E-state index contributed by atoms with van der Waals surface area (Å²) in [7, 11) is 1.65. The van der Waals surface area contributed by atoms with Crippen molar-refractivity contribution in [2.24, 2.45) is 5.41 Å². The molecular weight excluding hydrogens is 318 g/mol. The molecule has 1 spiro atoms. The molecule has 0 bridgehead atoms. The number of ether oxygens (including phenoxy) is 1. The Kier molecular flexibility index (Phi) is 5.37. The van der Waals surface area contributed by atoms with Gasteiger partial charge in [-0.05, 0) is 37.8 Å². The van der Waals surface area contributed by atoms with Crippen LogP contribution >= 0.6 is 0 Å². The third-order valence-electron chi connectivity index (χ3n) is 5.46. The van der Waals surface area contributed by atoms with E-state index < -0.39 is 5.41 Å². The molecule has 2 fully saturated rings. The molecular formula is C19H27N3O3. The smallest absolute Gasteiger partial charge is 0.254 e. The monoisotopic (exact) mass is 345 g/mol. The van der Waals surface area contributed by atoms with Gasteiger partial charge in [0.25, 0.3) is 5.91 Å². The molecule has 0 saturated carbocycles. The van der Waals surface area contributed by atoms with Crippen molar-refractivity contribution in [1.29, 1.82) is 0 Å². The lowest BCUT2D eigenvalue weighted by Gasteiger charge is -2.39. The number of aryl methyl sites for hydroxylation is 1. The fraction of sp³-hybridized carbons (Fsp3) is 0.632. The van der Waals surface area contributed by atoms with E-state index in [9.17, 15) is 9.59 Å². The number of hydrogen-bond donors (Lipinski definition) is 0. The van der Waals surface area contributed by atoms with Crippen LogP contribution in [0.25, 0.3) is 0 Å². The van der Waals surface area contributed by atoms with Crippen molar-refractivity contribution in [1.82, 2.24) is 14.8 Å². The van der Waals surface area contributed by atoms with Gasteiger partial charge in [0.2, 0.25) is 5.91 Å². The molecule has 0 N–H and O–H groups in total. The predicted molar refractivity (Wildman–Crippen MR) is 94.3 cm³/mol. The van der Waals surface area contributed by atoms with E-state index in [1.165, 1.54) is 0 Å². The van der Waals surface area contributed by atoms with Gasteiger partial charge in [0.1, 0.15) is 0 Å². The van der Waals surface area contributed by atoms with Crippen LogP contribution in [-0.4, -0.2) is 66.5 Å². The van der Waals surface area contributed by atoms with Crippen molar-refractivity contribution in [3.8, 4) is 0 Å². The third kappa shape index (κ3) is 3.54. The average molecular weight is 345 g/mol. The number of likely N-dealkylation sites (tertiary alicyclic amines) is 2. The third-order valence-corrected chi connectivity index (χ3v) is 5.46. The molecule has 1 atom stereocenters. The number of amides is 2. The van der Waals surface area contributed by atoms with Gasteiger partial charge in [0, 0.05) is 50.7 Å². The Morgan fingerprint density at radius 2 is 2.20 bits per heavy atom. The van der Waals surface area contributed by atoms with Crippen LogP contribution in [0.5, 0.6) is 0 Å². The van der Waals surface area contributed by atoms with Gasteiger partial charge in [-0.25, -0.2) is 0 Å². The highest BCUT2D eigenvalue weighted by Crippen LogP contribution is 2.40. The second-order valence-corrected chi connectivity index (χ2v) is 7.03. The molecule has 1 aromatic rings. The Labute approximate surface area is 149 Å². The quantitative estimate of drug-likeness (QED) is 0.816. The summed E-state index contributed by atoms with van der Waals surface area (Å²) in [6.45, 7) is 5.18. The number of rotatable bonds is 5. The van der Waals surface area contributed by atoms with Crippen molar-refractivity contribution in [3.63, 3.8) is 0 Å². The minimum atomic E-state index is -0.401. The predicted octanol–water partition coefficient (Wildman–Crippen LogP) is 1.75. The van der Waals surface area contributed by atoms with Crippen molar-refractivity contribution < 1.29 is 14.3 Å². The lowest BCUT2D eigenvalue weighted by molar-refractivity contribution is -0.146. The number of piperidine rings is 1. The molecule has 6 nitrogen and oxygen atoms in total. The van der Waals surface area contributed by atoms with E-state index in [2.05, 4.69) is 4.98 Å². The maximum atomic E-state index is 13.0. The summed E-state index contributed by atoms with van der Waals surface area (Å²) in [4.78, 5) is 33.8. The summed E-state index contributed by atoms with van der Waals surface area (Å²) >= 11 is 0. The number of pyridine rings is 1. The zero-order chi connectivity index (χ0) is 17.9. The van der Waals surface area contributed by atoms with Gasteiger partial charge in [0.05, 0.1) is 12.0 Å². The van der Waals surface area contributed by atoms with Crippen LogP contribution in [0.3, 0.4) is 0 Å². The first-order valence-corrected chi connectivity index (χ1v) is 9.12. The largest absolute Gasteiger partial charge is 0.383 e. The topological polar surface area (TPSA) is 62.7 Å². The van der Waals surface area contributed by atoms with E-state index in [4.69, 9.17) is 4.74 Å². The molecule has 2 amide bonds. The van der Waals surface area contributed by atoms with E-state index in [1.54, 1.807) is 19.4 Å². The number of aromatic nitrogens is 1. The van der Waals surface area contributed by atoms with Crippen LogP contribution in [0.2, 0.25) is 0 Å². The van der Waals surface area contributed by atoms with Gasteiger partial charge >= 0.3 is 0 Å². The maximum Gasteiger partial charge on any atom is 0.254 e. The molecule has 25 heavy (non-hydrogen) atoms. The number of methoxy groups -OCH3 is 1. The molecule has 6 heteroatoms. The van der Waals surface area contributed by atoms with Crippen LogP contribution in [0, 0.1) is 5.41 Å². The van der Waals surface area contributed by atoms with Crippen LogP contribution in [0.1, 0.15) is 42.2 Å². The van der Waals surface area contributed by atoms with Crippen molar-refractivity contribution in [2.45, 2.75) is 32.6 Å². The fourth-order valence-corrected chi connectivity index (χ4v) is 3.98. The zero-order valence-corrected chi connectivity index (χ0v) is 15.2. The highest BCUT2D eigenvalue weighted by molar-refractivity contribution is 5.95. The summed E-state index contributed by atoms with van der Waals surface area (Å²) < 4.78 is 5.12. The summed E-state index contributed by atoms with van der Waals surface area (Å²) in [6.07, 6.45) is 5.11. The molecule has 0 unspecified atom stereocenters. The molecule has 0 radical (unpaired) electrons. The minimum absolute atomic E-state index is 0.00999. The van der Waals surface area contributed by atoms with Crippen LogP contribution in [0.15, 0.2) is 18.3 Å². The minimum Gasteiger partial charge on any atom is -0.383 e. The highest BCUT2D eigenvalue weighted by atomic mass is 16.5. The second kappa shape index (κ2) is 7.52. The van der Waals surface area contributed by atoms with Crippen LogP contribution < -0.4 is 0 Å². The summed E-state index contributed by atoms with van der Waals surface area (Å²) in [5.74, 6) is 0.200. The van der Waals surface area contributed by atoms with Gasteiger partial charge in [-0.1, -0.05) is 6.92 Å². The average Bonchev–Trinajstić information content (AvgIpc) is 3.07. The van der Waals surface area contributed by atoms with Gasteiger partial charge in [-0.2, -0.15) is 0 Å². The normalized spacial score (nSPS) is 23.5. The summed E-state index contributed by atoms with van der Waals surface area (Å²) in [5.41, 5.74) is 1.19.